The van der Waals surface area contributed by atoms with Crippen LogP contribution in [0, 0.1) is 0 Å². The molecular formula is C23H20ClN3O3S. The zero-order valence-electron chi connectivity index (χ0n) is 16.8. The third kappa shape index (κ3) is 4.06. The molecule has 0 N–H and O–H groups in total. The van der Waals surface area contributed by atoms with Crippen LogP contribution in [0.15, 0.2) is 75.6 Å². The van der Waals surface area contributed by atoms with Crippen LogP contribution < -0.4 is 16.1 Å². The van der Waals surface area contributed by atoms with Crippen LogP contribution in [-0.2, 0) is 17.9 Å². The van der Waals surface area contributed by atoms with Crippen molar-refractivity contribution in [2.45, 2.75) is 20.0 Å². The maximum absolute atomic E-state index is 13.3. The standard InChI is InChI=1S/C23H20ClN3O3S/c1-2-25(17-9-4-3-5-10-17)20(28)15-26-19-12-13-31-21(19)22(29)27(23(26)30)14-16-8-6-7-11-18(16)24/h3-13H,2,14-15H2,1H3. The minimum Gasteiger partial charge on any atom is -0.311 e. The van der Waals surface area contributed by atoms with Crippen molar-refractivity contribution in [3.05, 3.63) is 97.5 Å². The Morgan fingerprint density at radius 2 is 1.71 bits per heavy atom. The first-order valence-electron chi connectivity index (χ1n) is 9.81. The quantitative estimate of drug-likeness (QED) is 0.443. The van der Waals surface area contributed by atoms with Gasteiger partial charge >= 0.3 is 5.69 Å². The van der Waals surface area contributed by atoms with E-state index in [1.807, 2.05) is 37.3 Å². The number of aromatic nitrogens is 2. The van der Waals surface area contributed by atoms with E-state index < -0.39 is 5.69 Å². The number of thiophene rings is 1. The van der Waals surface area contributed by atoms with Gasteiger partial charge in [0.1, 0.15) is 11.2 Å². The number of fused-ring (bicyclic) bond motifs is 1. The Bertz CT molecular complexity index is 1360. The third-order valence-corrected chi connectivity index (χ3v) is 6.36. The van der Waals surface area contributed by atoms with E-state index in [0.717, 1.165) is 10.3 Å². The predicted octanol–water partition coefficient (Wildman–Crippen LogP) is 3.98. The Morgan fingerprint density at radius 3 is 2.42 bits per heavy atom. The molecule has 31 heavy (non-hydrogen) atoms. The Labute approximate surface area is 187 Å². The molecule has 0 atom stereocenters. The van der Waals surface area contributed by atoms with Gasteiger partial charge in [-0.05, 0) is 42.1 Å². The van der Waals surface area contributed by atoms with Crippen LogP contribution in [-0.4, -0.2) is 21.6 Å². The molecule has 158 valence electrons. The number of nitrogens with zero attached hydrogens (tertiary/aromatic N) is 3. The number of para-hydroxylation sites is 1. The first-order valence-corrected chi connectivity index (χ1v) is 11.1. The molecule has 4 rings (SSSR count). The molecule has 2 aromatic carbocycles. The molecule has 0 radical (unpaired) electrons. The molecule has 0 spiro atoms. The average Bonchev–Trinajstić information content (AvgIpc) is 3.27. The molecule has 2 heterocycles. The van der Waals surface area contributed by atoms with Crippen molar-refractivity contribution in [3.63, 3.8) is 0 Å². The SMILES string of the molecule is CCN(C(=O)Cn1c(=O)n(Cc2ccccc2Cl)c(=O)c2sccc21)c1ccccc1. The highest BCUT2D eigenvalue weighted by Crippen LogP contribution is 2.19. The van der Waals surface area contributed by atoms with E-state index in [1.165, 1.54) is 15.9 Å². The van der Waals surface area contributed by atoms with Gasteiger partial charge in [0.05, 0.1) is 12.1 Å². The van der Waals surface area contributed by atoms with Gasteiger partial charge in [0, 0.05) is 17.3 Å². The predicted molar refractivity (Wildman–Crippen MR) is 125 cm³/mol. The fourth-order valence-electron chi connectivity index (χ4n) is 3.55. The maximum atomic E-state index is 13.3. The molecule has 0 aliphatic rings. The van der Waals surface area contributed by atoms with Gasteiger partial charge in [-0.15, -0.1) is 11.3 Å². The first kappa shape index (κ1) is 21.1. The van der Waals surface area contributed by atoms with Crippen molar-refractivity contribution in [2.24, 2.45) is 0 Å². The van der Waals surface area contributed by atoms with Crippen molar-refractivity contribution in [1.29, 1.82) is 0 Å². The van der Waals surface area contributed by atoms with Crippen molar-refractivity contribution in [2.75, 3.05) is 11.4 Å². The normalized spacial score (nSPS) is 11.0. The fraction of sp³-hybridized carbons (Fsp3) is 0.174. The van der Waals surface area contributed by atoms with E-state index >= 15 is 0 Å². The van der Waals surface area contributed by atoms with Crippen molar-refractivity contribution in [3.8, 4) is 0 Å². The molecule has 0 aliphatic carbocycles. The van der Waals surface area contributed by atoms with Crippen LogP contribution in [0.4, 0.5) is 5.69 Å². The number of carbonyl (C=O) groups is 1. The number of anilines is 1. The van der Waals surface area contributed by atoms with Crippen LogP contribution in [0.2, 0.25) is 5.02 Å². The number of rotatable bonds is 6. The Balaban J connectivity index is 1.78. The van der Waals surface area contributed by atoms with E-state index in [1.54, 1.807) is 40.6 Å². The lowest BCUT2D eigenvalue weighted by Crippen LogP contribution is -2.43. The molecule has 4 aromatic rings. The second-order valence-corrected chi connectivity index (χ2v) is 8.28. The fourth-order valence-corrected chi connectivity index (χ4v) is 4.59. The minimum atomic E-state index is -0.534. The minimum absolute atomic E-state index is 0.0372. The summed E-state index contributed by atoms with van der Waals surface area (Å²) >= 11 is 7.50. The highest BCUT2D eigenvalue weighted by Gasteiger charge is 2.20. The second kappa shape index (κ2) is 8.91. The Morgan fingerprint density at radius 1 is 1.00 bits per heavy atom. The third-order valence-electron chi connectivity index (χ3n) is 5.10. The van der Waals surface area contributed by atoms with E-state index in [-0.39, 0.29) is 24.6 Å². The Kier molecular flexibility index (Phi) is 6.06. The summed E-state index contributed by atoms with van der Waals surface area (Å²) in [6.45, 7) is 2.21. The van der Waals surface area contributed by atoms with Gasteiger partial charge in [-0.2, -0.15) is 0 Å². The molecule has 0 bridgehead atoms. The van der Waals surface area contributed by atoms with Crippen LogP contribution in [0.3, 0.4) is 0 Å². The lowest BCUT2D eigenvalue weighted by Gasteiger charge is -2.22. The smallest absolute Gasteiger partial charge is 0.311 e. The summed E-state index contributed by atoms with van der Waals surface area (Å²) in [5.41, 5.74) is 0.973. The molecule has 6 nitrogen and oxygen atoms in total. The molecular weight excluding hydrogens is 434 g/mol. The number of carbonyl (C=O) groups excluding carboxylic acids is 1. The summed E-state index contributed by atoms with van der Waals surface area (Å²) in [4.78, 5) is 41.1. The van der Waals surface area contributed by atoms with Gasteiger partial charge < -0.3 is 4.90 Å². The molecule has 1 amide bonds. The van der Waals surface area contributed by atoms with Crippen LogP contribution in [0.1, 0.15) is 12.5 Å². The van der Waals surface area contributed by atoms with Gasteiger partial charge in [-0.3, -0.25) is 18.7 Å². The molecule has 0 fully saturated rings. The summed E-state index contributed by atoms with van der Waals surface area (Å²) in [6.07, 6.45) is 0. The van der Waals surface area contributed by atoms with E-state index in [9.17, 15) is 14.4 Å². The summed E-state index contributed by atoms with van der Waals surface area (Å²) in [7, 11) is 0. The monoisotopic (exact) mass is 453 g/mol. The molecule has 0 aliphatic heterocycles. The largest absolute Gasteiger partial charge is 0.332 e. The number of likely N-dealkylation sites (N-methyl/N-ethyl adjacent to an activating group) is 1. The number of hydrogen-bond donors (Lipinski definition) is 0. The lowest BCUT2D eigenvalue weighted by atomic mass is 10.2. The number of benzene rings is 2. The summed E-state index contributed by atoms with van der Waals surface area (Å²) < 4.78 is 2.95. The molecule has 8 heteroatoms. The van der Waals surface area contributed by atoms with Crippen molar-refractivity contribution in [1.82, 2.24) is 9.13 Å². The molecule has 0 saturated carbocycles. The topological polar surface area (TPSA) is 64.3 Å². The van der Waals surface area contributed by atoms with E-state index in [2.05, 4.69) is 0 Å². The zero-order chi connectivity index (χ0) is 22.0. The van der Waals surface area contributed by atoms with Crippen LogP contribution in [0.25, 0.3) is 10.2 Å². The van der Waals surface area contributed by atoms with Crippen LogP contribution in [0.5, 0.6) is 0 Å². The number of amides is 1. The highest BCUT2D eigenvalue weighted by molar-refractivity contribution is 7.17. The van der Waals surface area contributed by atoms with Crippen LogP contribution >= 0.6 is 22.9 Å². The summed E-state index contributed by atoms with van der Waals surface area (Å²) in [5.74, 6) is -0.230. The average molecular weight is 454 g/mol. The summed E-state index contributed by atoms with van der Waals surface area (Å²) in [5, 5.41) is 2.23. The van der Waals surface area contributed by atoms with E-state index in [4.69, 9.17) is 11.6 Å². The van der Waals surface area contributed by atoms with Gasteiger partial charge in [-0.1, -0.05) is 48.0 Å². The van der Waals surface area contributed by atoms with Gasteiger partial charge in [0.2, 0.25) is 5.91 Å². The van der Waals surface area contributed by atoms with Crippen molar-refractivity contribution >= 4 is 44.7 Å². The highest BCUT2D eigenvalue weighted by atomic mass is 35.5. The molecule has 0 saturated heterocycles. The molecule has 2 aromatic heterocycles. The zero-order valence-corrected chi connectivity index (χ0v) is 18.4. The van der Waals surface area contributed by atoms with Crippen molar-refractivity contribution < 1.29 is 4.79 Å². The lowest BCUT2D eigenvalue weighted by molar-refractivity contribution is -0.119. The summed E-state index contributed by atoms with van der Waals surface area (Å²) in [6, 6.07) is 18.1. The van der Waals surface area contributed by atoms with Gasteiger partial charge in [-0.25, -0.2) is 4.79 Å². The Hall–Kier alpha value is -3.16. The number of halogens is 1. The van der Waals surface area contributed by atoms with E-state index in [0.29, 0.717) is 27.3 Å². The number of hydrogen-bond acceptors (Lipinski definition) is 4. The second-order valence-electron chi connectivity index (χ2n) is 6.96. The van der Waals surface area contributed by atoms with Gasteiger partial charge in [0.25, 0.3) is 5.56 Å². The first-order chi connectivity index (χ1) is 15.0. The maximum Gasteiger partial charge on any atom is 0.332 e. The van der Waals surface area contributed by atoms with Gasteiger partial charge in [0.15, 0.2) is 0 Å². The molecule has 0 unspecified atom stereocenters.